The summed E-state index contributed by atoms with van der Waals surface area (Å²) in [6.07, 6.45) is 3.35. The summed E-state index contributed by atoms with van der Waals surface area (Å²) in [5, 5.41) is 22.0. The van der Waals surface area contributed by atoms with Crippen LogP contribution >= 0.6 is 0 Å². The van der Waals surface area contributed by atoms with Crippen LogP contribution in [0.25, 0.3) is 0 Å². The largest absolute Gasteiger partial charge is 0.474 e. The van der Waals surface area contributed by atoms with Crippen molar-refractivity contribution in [1.82, 2.24) is 15.0 Å². The first kappa shape index (κ1) is 21.0. The van der Waals surface area contributed by atoms with Gasteiger partial charge < -0.3 is 25.2 Å². The topological polar surface area (TPSA) is 124 Å². The zero-order valence-electron chi connectivity index (χ0n) is 18.2. The Balaban J connectivity index is 1.40. The van der Waals surface area contributed by atoms with E-state index < -0.39 is 6.09 Å². The molecule has 0 saturated heterocycles. The molecule has 2 aliphatic heterocycles. The van der Waals surface area contributed by atoms with Gasteiger partial charge in [-0.15, -0.1) is 0 Å². The number of aromatic nitrogens is 3. The van der Waals surface area contributed by atoms with E-state index in [-0.39, 0.29) is 19.8 Å². The van der Waals surface area contributed by atoms with E-state index in [0.29, 0.717) is 24.1 Å². The minimum Gasteiger partial charge on any atom is -0.474 e. The number of amides is 1. The number of nitrogens with zero attached hydrogens (tertiary/aromatic N) is 5. The van der Waals surface area contributed by atoms with Gasteiger partial charge in [-0.1, -0.05) is 12.1 Å². The first-order valence-corrected chi connectivity index (χ1v) is 10.7. The minimum absolute atomic E-state index is 0.00121. The van der Waals surface area contributed by atoms with E-state index >= 15 is 0 Å². The van der Waals surface area contributed by atoms with Crippen LogP contribution < -0.4 is 19.9 Å². The smallest absolute Gasteiger partial charge is 0.412 e. The summed E-state index contributed by atoms with van der Waals surface area (Å²) in [5.74, 6) is 0.849. The highest BCUT2D eigenvalue weighted by Gasteiger charge is 2.30. The number of aliphatic hydroxyl groups excluding tert-OH is 1. The lowest BCUT2D eigenvalue weighted by molar-refractivity contribution is 0.196. The van der Waals surface area contributed by atoms with Crippen LogP contribution in [0.4, 0.5) is 27.8 Å². The van der Waals surface area contributed by atoms with E-state index in [4.69, 9.17) is 9.72 Å². The van der Waals surface area contributed by atoms with Crippen molar-refractivity contribution in [2.75, 3.05) is 34.8 Å². The second kappa shape index (κ2) is 8.55. The van der Waals surface area contributed by atoms with Crippen molar-refractivity contribution in [2.45, 2.75) is 26.5 Å². The maximum atomic E-state index is 11.7. The third-order valence-corrected chi connectivity index (χ3v) is 5.98. The van der Waals surface area contributed by atoms with Crippen LogP contribution in [0.3, 0.4) is 0 Å². The summed E-state index contributed by atoms with van der Waals surface area (Å²) in [6, 6.07) is 7.44. The third-order valence-electron chi connectivity index (χ3n) is 5.98. The number of hydrogen-bond donors (Lipinski definition) is 3. The number of aliphatic hydroxyl groups is 1. The van der Waals surface area contributed by atoms with Gasteiger partial charge in [0.15, 0.2) is 0 Å². The lowest BCUT2D eigenvalue weighted by atomic mass is 10.0. The van der Waals surface area contributed by atoms with Gasteiger partial charge in [0.1, 0.15) is 12.3 Å². The summed E-state index contributed by atoms with van der Waals surface area (Å²) in [5.41, 5.74) is 5.87. The van der Waals surface area contributed by atoms with E-state index in [1.54, 1.807) is 6.20 Å². The molecule has 10 nitrogen and oxygen atoms in total. The maximum absolute atomic E-state index is 11.7. The predicted molar refractivity (Wildman–Crippen MR) is 122 cm³/mol. The van der Waals surface area contributed by atoms with Crippen LogP contribution in [-0.4, -0.2) is 51.0 Å². The summed E-state index contributed by atoms with van der Waals surface area (Å²) < 4.78 is 5.59. The lowest BCUT2D eigenvalue weighted by Crippen LogP contribution is -2.38. The molecule has 0 fully saturated rings. The van der Waals surface area contributed by atoms with E-state index in [9.17, 15) is 15.0 Å². The number of nitrogens with one attached hydrogen (secondary N) is 1. The molecule has 33 heavy (non-hydrogen) atoms. The number of pyridine rings is 1. The number of fused-ring (bicyclic) bond motifs is 2. The first-order valence-electron chi connectivity index (χ1n) is 10.7. The van der Waals surface area contributed by atoms with E-state index in [2.05, 4.69) is 20.2 Å². The molecule has 3 aromatic rings. The highest BCUT2D eigenvalue weighted by Crippen LogP contribution is 2.39. The van der Waals surface area contributed by atoms with Gasteiger partial charge in [-0.05, 0) is 36.6 Å². The predicted octanol–water partition coefficient (Wildman–Crippen LogP) is 2.86. The Hall–Kier alpha value is -3.92. The fourth-order valence-electron chi connectivity index (χ4n) is 4.23. The van der Waals surface area contributed by atoms with Crippen molar-refractivity contribution < 1.29 is 19.7 Å². The third kappa shape index (κ3) is 4.00. The molecular weight excluding hydrogens is 424 g/mol. The van der Waals surface area contributed by atoms with Gasteiger partial charge in [-0.2, -0.15) is 0 Å². The average Bonchev–Trinajstić information content (AvgIpc) is 2.84. The number of ether oxygens (including phenoxy) is 1. The summed E-state index contributed by atoms with van der Waals surface area (Å²) in [6.45, 7) is 3.78. The maximum Gasteiger partial charge on any atom is 0.412 e. The molecule has 1 aromatic carbocycles. The molecule has 0 saturated carbocycles. The second-order valence-corrected chi connectivity index (χ2v) is 8.02. The van der Waals surface area contributed by atoms with Crippen molar-refractivity contribution in [1.29, 1.82) is 0 Å². The zero-order valence-corrected chi connectivity index (χ0v) is 18.2. The van der Waals surface area contributed by atoms with Crippen LogP contribution in [0, 0.1) is 6.92 Å². The van der Waals surface area contributed by atoms with Crippen LogP contribution in [0.5, 0.6) is 5.88 Å². The van der Waals surface area contributed by atoms with Gasteiger partial charge in [0.05, 0.1) is 37.3 Å². The van der Waals surface area contributed by atoms with Gasteiger partial charge >= 0.3 is 6.09 Å². The van der Waals surface area contributed by atoms with Gasteiger partial charge in [0, 0.05) is 24.0 Å². The number of benzene rings is 1. The molecule has 0 bridgehead atoms. The van der Waals surface area contributed by atoms with Crippen LogP contribution in [0.2, 0.25) is 0 Å². The molecule has 3 N–H and O–H groups in total. The van der Waals surface area contributed by atoms with E-state index in [1.165, 1.54) is 4.90 Å². The Morgan fingerprint density at radius 2 is 2.00 bits per heavy atom. The van der Waals surface area contributed by atoms with Crippen molar-refractivity contribution in [3.8, 4) is 5.88 Å². The van der Waals surface area contributed by atoms with Gasteiger partial charge in [-0.3, -0.25) is 4.90 Å². The van der Waals surface area contributed by atoms with E-state index in [0.717, 1.165) is 46.7 Å². The minimum atomic E-state index is -1.01. The quantitative estimate of drug-likeness (QED) is 0.553. The average molecular weight is 448 g/mol. The standard InChI is InChI=1S/C23H24N6O4/c1-14-19(11-24-21-20(14)29(23(31)32)8-9-33-21)28-7-6-16-10-25-22(27-18(16)12-28)26-17-4-2-15(13-30)3-5-17/h2-5,10-11,30H,6-9,12-13H2,1H3,(H,31,32)(H,25,26,27). The normalized spacial score (nSPS) is 14.8. The Morgan fingerprint density at radius 1 is 1.18 bits per heavy atom. The molecule has 4 heterocycles. The number of carboxylic acid groups (broad SMARTS) is 1. The fraction of sp³-hybridized carbons (Fsp3) is 0.304. The molecule has 1 amide bonds. The zero-order chi connectivity index (χ0) is 22.9. The second-order valence-electron chi connectivity index (χ2n) is 8.02. The molecule has 0 aliphatic carbocycles. The van der Waals surface area contributed by atoms with Crippen molar-refractivity contribution in [3.63, 3.8) is 0 Å². The first-order chi connectivity index (χ1) is 16.0. The SMILES string of the molecule is Cc1c(N2CCc3cnc(Nc4ccc(CO)cc4)nc3C2)cnc2c1N(C(=O)O)CCO2. The van der Waals surface area contributed by atoms with Crippen LogP contribution in [-0.2, 0) is 19.6 Å². The highest BCUT2D eigenvalue weighted by atomic mass is 16.5. The molecule has 0 atom stereocenters. The number of carbonyl (C=O) groups is 1. The van der Waals surface area contributed by atoms with Crippen LogP contribution in [0.15, 0.2) is 36.7 Å². The van der Waals surface area contributed by atoms with Gasteiger partial charge in [0.25, 0.3) is 0 Å². The molecule has 2 aromatic heterocycles. The molecule has 170 valence electrons. The van der Waals surface area contributed by atoms with Crippen molar-refractivity contribution in [3.05, 3.63) is 59.0 Å². The molecule has 5 rings (SSSR count). The van der Waals surface area contributed by atoms with Gasteiger partial charge in [-0.25, -0.2) is 19.7 Å². The summed E-state index contributed by atoms with van der Waals surface area (Å²) >= 11 is 0. The Kier molecular flexibility index (Phi) is 5.43. The molecule has 2 aliphatic rings. The number of anilines is 4. The lowest BCUT2D eigenvalue weighted by Gasteiger charge is -2.34. The number of rotatable bonds is 4. The molecule has 0 radical (unpaired) electrons. The van der Waals surface area contributed by atoms with Crippen LogP contribution in [0.1, 0.15) is 22.4 Å². The van der Waals surface area contributed by atoms with Crippen molar-refractivity contribution in [2.24, 2.45) is 0 Å². The van der Waals surface area contributed by atoms with Gasteiger partial charge in [0.2, 0.25) is 11.8 Å². The molecule has 0 spiro atoms. The Bertz CT molecular complexity index is 1200. The summed E-state index contributed by atoms with van der Waals surface area (Å²) in [7, 11) is 0. The van der Waals surface area contributed by atoms with E-state index in [1.807, 2.05) is 37.4 Å². The molecular formula is C23H24N6O4. The summed E-state index contributed by atoms with van der Waals surface area (Å²) in [4.78, 5) is 28.8. The highest BCUT2D eigenvalue weighted by molar-refractivity contribution is 5.91. The Labute approximate surface area is 190 Å². The fourth-order valence-corrected chi connectivity index (χ4v) is 4.23. The molecule has 10 heteroatoms. The Morgan fingerprint density at radius 3 is 2.76 bits per heavy atom. The molecule has 0 unspecified atom stereocenters. The number of hydrogen-bond acceptors (Lipinski definition) is 8. The van der Waals surface area contributed by atoms with Crippen molar-refractivity contribution >= 4 is 29.1 Å². The monoisotopic (exact) mass is 448 g/mol.